The quantitative estimate of drug-likeness (QED) is 0.176. The first kappa shape index (κ1) is 35.6. The molecule has 3 aromatic heterocycles. The molecule has 0 aliphatic carbocycles. The first-order valence-electron chi connectivity index (χ1n) is 21.4. The molecule has 6 nitrogen and oxygen atoms in total. The van der Waals surface area contributed by atoms with Gasteiger partial charge in [0.25, 0.3) is 0 Å². The van der Waals surface area contributed by atoms with Crippen molar-refractivity contribution in [2.45, 2.75) is 12.3 Å². The number of rotatable bonds is 6. The molecular weight excluding hydrogens is 773 g/mol. The molecule has 0 saturated heterocycles. The number of nitrogens with zero attached hydrogens (tertiary/aromatic N) is 2. The van der Waals surface area contributed by atoms with Gasteiger partial charge in [-0.25, -0.2) is 4.99 Å². The third-order valence-corrected chi connectivity index (χ3v) is 12.7. The van der Waals surface area contributed by atoms with Crippen molar-refractivity contribution in [1.29, 1.82) is 0 Å². The molecule has 9 aromatic carbocycles. The molecule has 0 fully saturated rings. The maximum Gasteiger partial charge on any atom is 0.146 e. The van der Waals surface area contributed by atoms with Gasteiger partial charge in [-0.3, -0.25) is 5.32 Å². The van der Waals surface area contributed by atoms with Gasteiger partial charge in [0.15, 0.2) is 0 Å². The van der Waals surface area contributed by atoms with E-state index >= 15 is 0 Å². The number of amidine groups is 1. The maximum atomic E-state index is 6.55. The Morgan fingerprint density at radius 1 is 0.429 bits per heavy atom. The van der Waals surface area contributed by atoms with Crippen LogP contribution < -0.4 is 10.6 Å². The standard InChI is InChI=1S/C57H38N4O2/c1-4-14-35(15-5-1)37-26-29-49-46(32-37)43-22-12-21-41(53(43)61(49)40-18-8-3-9-19-40)38-27-30-51-47(33-38)48-34-39(28-31-52(48)62-51)56-58-55(36-16-6-2-7-17-36)59-57(60-56)45-24-13-23-44-42-20-10-11-25-50(42)63-54(44)45/h1-34,55-56,58H,(H,59,60). The normalized spacial score (nSPS) is 15.5. The largest absolute Gasteiger partial charge is 0.456 e. The van der Waals surface area contributed by atoms with Gasteiger partial charge in [-0.15, -0.1) is 0 Å². The Morgan fingerprint density at radius 2 is 1.08 bits per heavy atom. The van der Waals surface area contributed by atoms with Crippen LogP contribution in [0.3, 0.4) is 0 Å². The molecule has 13 rings (SSSR count). The van der Waals surface area contributed by atoms with E-state index in [0.717, 1.165) is 83.2 Å². The molecule has 0 spiro atoms. The first-order chi connectivity index (χ1) is 31.2. The van der Waals surface area contributed by atoms with Gasteiger partial charge in [0, 0.05) is 43.6 Å². The van der Waals surface area contributed by atoms with Crippen LogP contribution in [0.1, 0.15) is 29.0 Å². The van der Waals surface area contributed by atoms with Crippen molar-refractivity contribution in [2.75, 3.05) is 0 Å². The van der Waals surface area contributed by atoms with E-state index in [0.29, 0.717) is 0 Å². The van der Waals surface area contributed by atoms with E-state index in [2.05, 4.69) is 203 Å². The van der Waals surface area contributed by atoms with Gasteiger partial charge in [-0.2, -0.15) is 0 Å². The van der Waals surface area contributed by atoms with Crippen LogP contribution in [0.25, 0.3) is 93.6 Å². The second-order valence-electron chi connectivity index (χ2n) is 16.4. The maximum absolute atomic E-state index is 6.55. The topological polar surface area (TPSA) is 67.6 Å². The summed E-state index contributed by atoms with van der Waals surface area (Å²) in [7, 11) is 0. The van der Waals surface area contributed by atoms with Crippen LogP contribution in [0, 0.1) is 0 Å². The Morgan fingerprint density at radius 3 is 1.92 bits per heavy atom. The number of aromatic nitrogens is 1. The van der Waals surface area contributed by atoms with Gasteiger partial charge in [0.1, 0.15) is 40.5 Å². The molecule has 12 aromatic rings. The number of para-hydroxylation sites is 4. The molecule has 6 heteroatoms. The minimum absolute atomic E-state index is 0.268. The molecule has 0 saturated carbocycles. The smallest absolute Gasteiger partial charge is 0.146 e. The van der Waals surface area contributed by atoms with Crippen molar-refractivity contribution in [3.8, 4) is 27.9 Å². The first-order valence-corrected chi connectivity index (χ1v) is 21.4. The third kappa shape index (κ3) is 5.80. The predicted octanol–water partition coefficient (Wildman–Crippen LogP) is 14.3. The zero-order valence-corrected chi connectivity index (χ0v) is 34.0. The number of aliphatic imine (C=N–C) groups is 1. The van der Waals surface area contributed by atoms with Crippen LogP contribution >= 0.6 is 0 Å². The Bertz CT molecular complexity index is 3750. The van der Waals surface area contributed by atoms with E-state index in [1.165, 1.54) is 32.9 Å². The van der Waals surface area contributed by atoms with Crippen LogP contribution in [0.4, 0.5) is 0 Å². The highest BCUT2D eigenvalue weighted by Gasteiger charge is 2.28. The van der Waals surface area contributed by atoms with Gasteiger partial charge >= 0.3 is 0 Å². The number of hydrogen-bond acceptors (Lipinski definition) is 5. The van der Waals surface area contributed by atoms with Crippen LogP contribution in [-0.4, -0.2) is 10.4 Å². The zero-order chi connectivity index (χ0) is 41.4. The summed E-state index contributed by atoms with van der Waals surface area (Å²) in [6, 6.07) is 72.8. The second kappa shape index (κ2) is 14.2. The summed E-state index contributed by atoms with van der Waals surface area (Å²) in [5, 5.41) is 14.3. The minimum Gasteiger partial charge on any atom is -0.456 e. The molecule has 1 aliphatic rings. The Labute approximate surface area is 362 Å². The molecule has 0 amide bonds. The molecule has 63 heavy (non-hydrogen) atoms. The molecule has 2 unspecified atom stereocenters. The molecule has 1 aliphatic heterocycles. The lowest BCUT2D eigenvalue weighted by molar-refractivity contribution is 0.409. The van der Waals surface area contributed by atoms with Crippen molar-refractivity contribution in [3.63, 3.8) is 0 Å². The number of benzene rings is 9. The molecule has 2 N–H and O–H groups in total. The average Bonchev–Trinajstić information content (AvgIpc) is 4.03. The van der Waals surface area contributed by atoms with Crippen molar-refractivity contribution in [3.05, 3.63) is 223 Å². The second-order valence-corrected chi connectivity index (χ2v) is 16.4. The summed E-state index contributed by atoms with van der Waals surface area (Å²) in [6.07, 6.45) is -0.563. The highest BCUT2D eigenvalue weighted by atomic mass is 16.3. The average molecular weight is 811 g/mol. The summed E-state index contributed by atoms with van der Waals surface area (Å²) < 4.78 is 15.5. The van der Waals surface area contributed by atoms with Gasteiger partial charge in [0.05, 0.1) is 16.6 Å². The summed E-state index contributed by atoms with van der Waals surface area (Å²) in [5.74, 6) is 0.773. The lowest BCUT2D eigenvalue weighted by Gasteiger charge is -2.32. The van der Waals surface area contributed by atoms with E-state index in [1.807, 2.05) is 18.2 Å². The number of hydrogen-bond donors (Lipinski definition) is 2. The van der Waals surface area contributed by atoms with Crippen LogP contribution in [0.15, 0.2) is 220 Å². The fourth-order valence-corrected chi connectivity index (χ4v) is 9.71. The molecular formula is C57H38N4O2. The van der Waals surface area contributed by atoms with Gasteiger partial charge in [-0.05, 0) is 88.5 Å². The molecule has 0 bridgehead atoms. The Hall–Kier alpha value is -8.19. The zero-order valence-electron chi connectivity index (χ0n) is 34.0. The highest BCUT2D eigenvalue weighted by molar-refractivity contribution is 6.17. The third-order valence-electron chi connectivity index (χ3n) is 12.7. The molecule has 2 atom stereocenters. The number of fused-ring (bicyclic) bond motifs is 9. The van der Waals surface area contributed by atoms with Gasteiger partial charge in [-0.1, -0.05) is 146 Å². The van der Waals surface area contributed by atoms with Crippen molar-refractivity contribution >= 4 is 71.5 Å². The molecule has 0 radical (unpaired) electrons. The van der Waals surface area contributed by atoms with Crippen LogP contribution in [-0.2, 0) is 0 Å². The van der Waals surface area contributed by atoms with Crippen molar-refractivity contribution in [2.24, 2.45) is 4.99 Å². The summed E-state index contributed by atoms with van der Waals surface area (Å²) >= 11 is 0. The van der Waals surface area contributed by atoms with Crippen molar-refractivity contribution in [1.82, 2.24) is 15.2 Å². The lowest BCUT2D eigenvalue weighted by Crippen LogP contribution is -2.45. The van der Waals surface area contributed by atoms with E-state index in [1.54, 1.807) is 0 Å². The van der Waals surface area contributed by atoms with Gasteiger partial charge in [0.2, 0.25) is 0 Å². The van der Waals surface area contributed by atoms with E-state index < -0.39 is 0 Å². The summed E-state index contributed by atoms with van der Waals surface area (Å²) in [6.45, 7) is 0. The fraction of sp³-hybridized carbons (Fsp3) is 0.0351. The number of furan rings is 2. The fourth-order valence-electron chi connectivity index (χ4n) is 9.71. The van der Waals surface area contributed by atoms with E-state index in [-0.39, 0.29) is 12.3 Å². The predicted molar refractivity (Wildman–Crippen MR) is 257 cm³/mol. The van der Waals surface area contributed by atoms with Crippen molar-refractivity contribution < 1.29 is 8.83 Å². The summed E-state index contributed by atoms with van der Waals surface area (Å²) in [4.78, 5) is 5.27. The van der Waals surface area contributed by atoms with Gasteiger partial charge < -0.3 is 18.7 Å². The molecule has 298 valence electrons. The van der Waals surface area contributed by atoms with E-state index in [9.17, 15) is 0 Å². The van der Waals surface area contributed by atoms with Crippen LogP contribution in [0.2, 0.25) is 0 Å². The van der Waals surface area contributed by atoms with Crippen LogP contribution in [0.5, 0.6) is 0 Å². The minimum atomic E-state index is -0.295. The number of nitrogens with one attached hydrogen (secondary N) is 2. The Balaban J connectivity index is 0.946. The Kier molecular flexibility index (Phi) is 8.01. The summed E-state index contributed by atoms with van der Waals surface area (Å²) in [5.41, 5.74) is 14.6. The highest BCUT2D eigenvalue weighted by Crippen LogP contribution is 2.42. The van der Waals surface area contributed by atoms with E-state index in [4.69, 9.17) is 13.8 Å². The monoisotopic (exact) mass is 810 g/mol. The molecule has 4 heterocycles. The SMILES string of the molecule is c1ccc(-c2ccc3c(c2)c2cccc(-c4ccc5oc6ccc(C7NC(c8cccc9c8oc8ccccc89)=NC(c8ccccc8)N7)cc6c5c4)c2n3-c2ccccc2)cc1. The lowest BCUT2D eigenvalue weighted by atomic mass is 9.98.